The molecular formula is C15H22O4. The summed E-state index contributed by atoms with van der Waals surface area (Å²) in [6.45, 7) is 4.66. The van der Waals surface area contributed by atoms with Crippen LogP contribution in [0.4, 0.5) is 0 Å². The van der Waals surface area contributed by atoms with Crippen LogP contribution in [0.25, 0.3) is 0 Å². The third-order valence-corrected chi connectivity index (χ3v) is 2.55. The van der Waals surface area contributed by atoms with Crippen molar-refractivity contribution in [3.8, 4) is 5.75 Å². The van der Waals surface area contributed by atoms with Crippen LogP contribution in [0.15, 0.2) is 24.3 Å². The number of ether oxygens (including phenoxy) is 3. The Morgan fingerprint density at radius 1 is 1.26 bits per heavy atom. The van der Waals surface area contributed by atoms with Crippen LogP contribution in [0.5, 0.6) is 5.75 Å². The van der Waals surface area contributed by atoms with Crippen molar-refractivity contribution in [1.82, 2.24) is 0 Å². The minimum absolute atomic E-state index is 0.162. The molecule has 1 rings (SSSR count). The van der Waals surface area contributed by atoms with E-state index >= 15 is 0 Å². The minimum Gasteiger partial charge on any atom is -0.497 e. The van der Waals surface area contributed by atoms with Crippen molar-refractivity contribution in [3.05, 3.63) is 29.8 Å². The Morgan fingerprint density at radius 3 is 2.74 bits per heavy atom. The summed E-state index contributed by atoms with van der Waals surface area (Å²) >= 11 is 0. The van der Waals surface area contributed by atoms with Gasteiger partial charge in [-0.1, -0.05) is 12.1 Å². The Hall–Kier alpha value is -1.55. The number of rotatable bonds is 8. The van der Waals surface area contributed by atoms with Crippen molar-refractivity contribution in [3.63, 3.8) is 0 Å². The van der Waals surface area contributed by atoms with Gasteiger partial charge in [0.25, 0.3) is 0 Å². The first kappa shape index (κ1) is 15.5. The van der Waals surface area contributed by atoms with Gasteiger partial charge in [0, 0.05) is 6.42 Å². The molecule has 0 fully saturated rings. The molecule has 0 saturated carbocycles. The Morgan fingerprint density at radius 2 is 2.05 bits per heavy atom. The van der Waals surface area contributed by atoms with Gasteiger partial charge in [0.05, 0.1) is 19.8 Å². The highest BCUT2D eigenvalue weighted by Crippen LogP contribution is 2.14. The lowest BCUT2D eigenvalue weighted by Crippen LogP contribution is -2.13. The van der Waals surface area contributed by atoms with Gasteiger partial charge < -0.3 is 14.2 Å². The topological polar surface area (TPSA) is 44.8 Å². The lowest BCUT2D eigenvalue weighted by Gasteiger charge is -2.08. The third-order valence-electron chi connectivity index (χ3n) is 2.55. The second-order valence-corrected chi connectivity index (χ2v) is 4.49. The van der Waals surface area contributed by atoms with Gasteiger partial charge in [-0.25, -0.2) is 0 Å². The molecule has 0 heterocycles. The Labute approximate surface area is 114 Å². The SMILES string of the molecule is COc1cccc(CCC(=O)OCCOC(C)C)c1. The van der Waals surface area contributed by atoms with Crippen LogP contribution in [0.2, 0.25) is 0 Å². The number of carbonyl (C=O) groups is 1. The van der Waals surface area contributed by atoms with Crippen molar-refractivity contribution in [2.75, 3.05) is 20.3 Å². The molecule has 19 heavy (non-hydrogen) atoms. The molecule has 106 valence electrons. The number of methoxy groups -OCH3 is 1. The fraction of sp³-hybridized carbons (Fsp3) is 0.533. The predicted molar refractivity (Wildman–Crippen MR) is 73.4 cm³/mol. The minimum atomic E-state index is -0.199. The second-order valence-electron chi connectivity index (χ2n) is 4.49. The van der Waals surface area contributed by atoms with E-state index in [4.69, 9.17) is 14.2 Å². The molecule has 0 aromatic heterocycles. The van der Waals surface area contributed by atoms with Gasteiger partial charge in [-0.3, -0.25) is 4.79 Å². The fourth-order valence-electron chi connectivity index (χ4n) is 1.59. The summed E-state index contributed by atoms with van der Waals surface area (Å²) in [5.74, 6) is 0.603. The molecule has 4 heteroatoms. The highest BCUT2D eigenvalue weighted by molar-refractivity contribution is 5.69. The molecule has 0 N–H and O–H groups in total. The summed E-state index contributed by atoms with van der Waals surface area (Å²) in [6, 6.07) is 7.69. The van der Waals surface area contributed by atoms with Gasteiger partial charge in [0.1, 0.15) is 12.4 Å². The second kappa shape index (κ2) is 8.53. The average molecular weight is 266 g/mol. The number of esters is 1. The van der Waals surface area contributed by atoms with E-state index in [9.17, 15) is 4.79 Å². The van der Waals surface area contributed by atoms with Crippen LogP contribution < -0.4 is 4.74 Å². The van der Waals surface area contributed by atoms with E-state index in [0.29, 0.717) is 26.1 Å². The third kappa shape index (κ3) is 6.82. The molecule has 1 aromatic rings. The largest absolute Gasteiger partial charge is 0.497 e. The molecule has 0 bridgehead atoms. The zero-order valence-electron chi connectivity index (χ0n) is 11.8. The standard InChI is InChI=1S/C15H22O4/c1-12(2)18-9-10-19-15(16)8-7-13-5-4-6-14(11-13)17-3/h4-6,11-12H,7-10H2,1-3H3. The molecule has 0 radical (unpaired) electrons. The van der Waals surface area contributed by atoms with E-state index in [1.165, 1.54) is 0 Å². The summed E-state index contributed by atoms with van der Waals surface area (Å²) in [6.07, 6.45) is 1.19. The highest BCUT2D eigenvalue weighted by Gasteiger charge is 2.04. The Bertz CT molecular complexity index is 387. The summed E-state index contributed by atoms with van der Waals surface area (Å²) in [4.78, 5) is 11.5. The van der Waals surface area contributed by atoms with E-state index in [2.05, 4.69) is 0 Å². The molecule has 0 aliphatic heterocycles. The van der Waals surface area contributed by atoms with E-state index in [1.807, 2.05) is 38.1 Å². The summed E-state index contributed by atoms with van der Waals surface area (Å²) in [5, 5.41) is 0. The quantitative estimate of drug-likeness (QED) is 0.536. The lowest BCUT2D eigenvalue weighted by atomic mass is 10.1. The van der Waals surface area contributed by atoms with Crippen LogP contribution in [-0.4, -0.2) is 32.4 Å². The molecular weight excluding hydrogens is 244 g/mol. The summed E-state index contributed by atoms with van der Waals surface area (Å²) < 4.78 is 15.5. The normalized spacial score (nSPS) is 10.5. The first-order chi connectivity index (χ1) is 9.11. The molecule has 0 saturated heterocycles. The molecule has 0 aliphatic carbocycles. The van der Waals surface area contributed by atoms with Crippen LogP contribution in [-0.2, 0) is 20.7 Å². The Kier molecular flexibility index (Phi) is 6.97. The maximum absolute atomic E-state index is 11.5. The number of hydrogen-bond acceptors (Lipinski definition) is 4. The van der Waals surface area contributed by atoms with E-state index in [1.54, 1.807) is 7.11 Å². The first-order valence-corrected chi connectivity index (χ1v) is 6.52. The van der Waals surface area contributed by atoms with Crippen molar-refractivity contribution in [2.24, 2.45) is 0 Å². The van der Waals surface area contributed by atoms with Gasteiger partial charge in [-0.2, -0.15) is 0 Å². The van der Waals surface area contributed by atoms with Crippen molar-refractivity contribution in [2.45, 2.75) is 32.8 Å². The van der Waals surface area contributed by atoms with Gasteiger partial charge in [-0.15, -0.1) is 0 Å². The van der Waals surface area contributed by atoms with E-state index < -0.39 is 0 Å². The van der Waals surface area contributed by atoms with Crippen LogP contribution in [0, 0.1) is 0 Å². The van der Waals surface area contributed by atoms with Gasteiger partial charge in [-0.05, 0) is 38.0 Å². The zero-order chi connectivity index (χ0) is 14.1. The predicted octanol–water partition coefficient (Wildman–Crippen LogP) is 2.60. The maximum atomic E-state index is 11.5. The van der Waals surface area contributed by atoms with Crippen LogP contribution in [0.1, 0.15) is 25.8 Å². The highest BCUT2D eigenvalue weighted by atomic mass is 16.6. The number of benzene rings is 1. The smallest absolute Gasteiger partial charge is 0.306 e. The van der Waals surface area contributed by atoms with Crippen LogP contribution >= 0.6 is 0 Å². The fourth-order valence-corrected chi connectivity index (χ4v) is 1.59. The van der Waals surface area contributed by atoms with E-state index in [-0.39, 0.29) is 12.1 Å². The van der Waals surface area contributed by atoms with Crippen molar-refractivity contribution < 1.29 is 19.0 Å². The maximum Gasteiger partial charge on any atom is 0.306 e. The van der Waals surface area contributed by atoms with E-state index in [0.717, 1.165) is 11.3 Å². The summed E-state index contributed by atoms with van der Waals surface area (Å²) in [7, 11) is 1.63. The van der Waals surface area contributed by atoms with Crippen molar-refractivity contribution in [1.29, 1.82) is 0 Å². The van der Waals surface area contributed by atoms with Gasteiger partial charge in [0.15, 0.2) is 0 Å². The Balaban J connectivity index is 2.22. The monoisotopic (exact) mass is 266 g/mol. The molecule has 0 atom stereocenters. The molecule has 0 unspecified atom stereocenters. The lowest BCUT2D eigenvalue weighted by molar-refractivity contribution is -0.145. The zero-order valence-corrected chi connectivity index (χ0v) is 11.8. The number of aryl methyl sites for hydroxylation is 1. The molecule has 0 amide bonds. The molecule has 0 spiro atoms. The molecule has 1 aromatic carbocycles. The molecule has 4 nitrogen and oxygen atoms in total. The first-order valence-electron chi connectivity index (χ1n) is 6.52. The number of hydrogen-bond donors (Lipinski definition) is 0. The van der Waals surface area contributed by atoms with Crippen LogP contribution in [0.3, 0.4) is 0 Å². The van der Waals surface area contributed by atoms with Gasteiger partial charge >= 0.3 is 5.97 Å². The van der Waals surface area contributed by atoms with Crippen molar-refractivity contribution >= 4 is 5.97 Å². The average Bonchev–Trinajstić information content (AvgIpc) is 2.41. The summed E-state index contributed by atoms with van der Waals surface area (Å²) in [5.41, 5.74) is 1.06. The van der Waals surface area contributed by atoms with Gasteiger partial charge in [0.2, 0.25) is 0 Å². The molecule has 0 aliphatic rings. The number of carbonyl (C=O) groups excluding carboxylic acids is 1.